The van der Waals surface area contributed by atoms with Gasteiger partial charge in [0.2, 0.25) is 23.6 Å². The molecule has 1 unspecified atom stereocenters. The summed E-state index contributed by atoms with van der Waals surface area (Å²) in [6.45, 7) is 5.54. The Morgan fingerprint density at radius 3 is 1.82 bits per heavy atom. The number of guanidine groups is 1. The lowest BCUT2D eigenvalue weighted by Crippen LogP contribution is -2.59. The van der Waals surface area contributed by atoms with Crippen LogP contribution in [0.1, 0.15) is 82.6 Å². The second-order valence-electron chi connectivity index (χ2n) is 19.5. The summed E-state index contributed by atoms with van der Waals surface area (Å²) in [6.07, 6.45) is 8.64. The highest BCUT2D eigenvalue weighted by Gasteiger charge is 2.52. The highest BCUT2D eigenvalue weighted by atomic mass is 31.2. The molecule has 1 aromatic rings. The molecule has 5 atom stereocenters. The van der Waals surface area contributed by atoms with Crippen molar-refractivity contribution < 1.29 is 61.4 Å². The molecule has 5 fully saturated rings. The fraction of sp³-hybridized carbons (Fsp3) is 0.776. The molecule has 0 radical (unpaired) electrons. The van der Waals surface area contributed by atoms with Crippen molar-refractivity contribution >= 4 is 37.3 Å². The molecule has 72 heavy (non-hydrogen) atoms. The first-order valence-electron chi connectivity index (χ1n) is 25.9. The standard InChI is InChI=1S/C49H84N9O13P/c1-64-14-15-65-16-17-66-18-19-67-20-21-68-22-23-69-24-25-70-26-27-71-72(63)54-13-6-5-10-41(44(51)59)55-47(62)43(35-49-32-37-28-38(33-49)30-39(29-37)34-49)57-46(61)42(11-7-12-53-48(52)58-72)56-45(60)40(50)31-36-8-3-2-4-9-36/h2-4,8-9,37-43H,5-7,10-35,50H2,1H3,(H2,51,59)(H,55,62)(H,56,60)(H,57,61)(H4,52,53,54,58,63)/t37?,38?,39?,40-,41-,42+,43-,49?,72?/m0/s1. The Labute approximate surface area is 425 Å². The zero-order chi connectivity index (χ0) is 51.4. The Morgan fingerprint density at radius 1 is 0.736 bits per heavy atom. The summed E-state index contributed by atoms with van der Waals surface area (Å²) in [7, 11) is -2.26. The second-order valence-corrected chi connectivity index (χ2v) is 21.4. The molecule has 4 bridgehead atoms. The number of hydrogen-bond acceptors (Lipinski definition) is 15. The second kappa shape index (κ2) is 32.5. The molecule has 22 nitrogen and oxygen atoms in total. The first-order valence-corrected chi connectivity index (χ1v) is 27.5. The summed E-state index contributed by atoms with van der Waals surface area (Å²) in [6, 6.07) is 5.25. The van der Waals surface area contributed by atoms with Crippen LogP contribution in [0.2, 0.25) is 0 Å². The molecule has 0 aromatic heterocycles. The minimum absolute atomic E-state index is 0.0794. The average Bonchev–Trinajstić information content (AvgIpc) is 3.34. The van der Waals surface area contributed by atoms with Crippen LogP contribution in [0.5, 0.6) is 0 Å². The van der Waals surface area contributed by atoms with Gasteiger partial charge in [-0.05, 0) is 112 Å². The minimum Gasteiger partial charge on any atom is -0.382 e. The van der Waals surface area contributed by atoms with E-state index >= 15 is 0 Å². The predicted molar refractivity (Wildman–Crippen MR) is 269 cm³/mol. The van der Waals surface area contributed by atoms with E-state index in [2.05, 4.69) is 31.4 Å². The Kier molecular flexibility index (Phi) is 26.7. The quantitative estimate of drug-likeness (QED) is 0.0407. The number of methoxy groups -OCH3 is 1. The van der Waals surface area contributed by atoms with E-state index < -0.39 is 55.5 Å². The van der Waals surface area contributed by atoms with Gasteiger partial charge in [0, 0.05) is 20.2 Å². The van der Waals surface area contributed by atoms with Crippen LogP contribution < -0.4 is 42.9 Å². The molecule has 0 spiro atoms. The number of hydrogen-bond donors (Lipinski definition) is 9. The first-order chi connectivity index (χ1) is 34.9. The van der Waals surface area contributed by atoms with Gasteiger partial charge in [0.25, 0.3) is 0 Å². The molecule has 4 amide bonds. The van der Waals surface area contributed by atoms with Crippen LogP contribution in [0, 0.1) is 28.6 Å². The molecule has 5 aliphatic rings. The predicted octanol–water partition coefficient (Wildman–Crippen LogP) is 1.64. The normalized spacial score (nSPS) is 27.8. The molecule has 408 valence electrons. The van der Waals surface area contributed by atoms with Gasteiger partial charge in [0.15, 0.2) is 5.96 Å². The summed E-state index contributed by atoms with van der Waals surface area (Å²) in [5.41, 5.74) is 13.0. The van der Waals surface area contributed by atoms with Crippen molar-refractivity contribution in [3.05, 3.63) is 35.9 Å². The SMILES string of the molecule is COCCOCCOCCOCCOCCOCCOCCOP1(=O)NCCCC[C@@H](C(N)=O)NC(=O)[C@H](CC23CC4CC(CC(C4)C2)C3)NC(=O)[C@H](NC(=O)[C@@H](N)Cc2ccccc2)CCCNC(=N)N1. The highest BCUT2D eigenvalue weighted by molar-refractivity contribution is 7.55. The monoisotopic (exact) mass is 1040 g/mol. The van der Waals surface area contributed by atoms with Crippen molar-refractivity contribution in [3.63, 3.8) is 0 Å². The van der Waals surface area contributed by atoms with E-state index in [1.165, 1.54) is 19.3 Å². The summed E-state index contributed by atoms with van der Waals surface area (Å²) in [5.74, 6) is -0.809. The highest BCUT2D eigenvalue weighted by Crippen LogP contribution is 2.61. The van der Waals surface area contributed by atoms with Crippen LogP contribution in [0.25, 0.3) is 0 Å². The molecule has 1 saturated heterocycles. The number of carbonyl (C=O) groups excluding carboxylic acids is 4. The van der Waals surface area contributed by atoms with E-state index in [1.54, 1.807) is 7.11 Å². The Hall–Kier alpha value is -3.80. The summed E-state index contributed by atoms with van der Waals surface area (Å²) in [4.78, 5) is 55.1. The van der Waals surface area contributed by atoms with Gasteiger partial charge in [-0.25, -0.2) is 9.65 Å². The van der Waals surface area contributed by atoms with Gasteiger partial charge >= 0.3 is 7.67 Å². The van der Waals surface area contributed by atoms with Crippen molar-refractivity contribution in [1.82, 2.24) is 31.4 Å². The van der Waals surface area contributed by atoms with Crippen LogP contribution in [-0.2, 0) is 67.8 Å². The van der Waals surface area contributed by atoms with Crippen molar-refractivity contribution in [1.29, 1.82) is 5.41 Å². The molecule has 6 rings (SSSR count). The van der Waals surface area contributed by atoms with Gasteiger partial charge in [-0.15, -0.1) is 0 Å². The largest absolute Gasteiger partial charge is 0.382 e. The number of rotatable bonds is 29. The number of carbonyl (C=O) groups is 4. The molecule has 1 heterocycles. The van der Waals surface area contributed by atoms with Crippen LogP contribution >= 0.6 is 7.67 Å². The van der Waals surface area contributed by atoms with Crippen LogP contribution in [-0.4, -0.2) is 166 Å². The molecule has 4 aliphatic carbocycles. The topological polar surface area (TPSA) is 307 Å². The number of nitrogens with two attached hydrogens (primary N) is 2. The van der Waals surface area contributed by atoms with E-state index in [9.17, 15) is 23.7 Å². The first kappa shape index (κ1) is 59.1. The molecule has 11 N–H and O–H groups in total. The maximum atomic E-state index is 14.4. The Morgan fingerprint density at radius 2 is 1.28 bits per heavy atom. The molecule has 1 aliphatic heterocycles. The van der Waals surface area contributed by atoms with Crippen LogP contribution in [0.4, 0.5) is 0 Å². The zero-order valence-corrected chi connectivity index (χ0v) is 43.2. The summed E-state index contributed by atoms with van der Waals surface area (Å²) in [5, 5.41) is 25.8. The van der Waals surface area contributed by atoms with Gasteiger partial charge in [0.1, 0.15) is 18.1 Å². The number of amides is 4. The smallest absolute Gasteiger partial charge is 0.368 e. The van der Waals surface area contributed by atoms with Crippen molar-refractivity contribution in [3.8, 4) is 0 Å². The van der Waals surface area contributed by atoms with Gasteiger partial charge < -0.3 is 65.9 Å². The van der Waals surface area contributed by atoms with Crippen molar-refractivity contribution in [2.75, 3.05) is 113 Å². The summed E-state index contributed by atoms with van der Waals surface area (Å²) < 4.78 is 57.7. The molecule has 23 heteroatoms. The minimum atomic E-state index is -3.88. The summed E-state index contributed by atoms with van der Waals surface area (Å²) >= 11 is 0. The molecule has 4 saturated carbocycles. The van der Waals surface area contributed by atoms with E-state index in [0.29, 0.717) is 110 Å². The van der Waals surface area contributed by atoms with Crippen LogP contribution in [0.3, 0.4) is 0 Å². The lowest BCUT2D eigenvalue weighted by Gasteiger charge is -2.57. The zero-order valence-electron chi connectivity index (χ0n) is 42.3. The maximum Gasteiger partial charge on any atom is 0.368 e. The van der Waals surface area contributed by atoms with Gasteiger partial charge in [-0.3, -0.25) is 34.2 Å². The third-order valence-corrected chi connectivity index (χ3v) is 15.3. The average molecular weight is 1040 g/mol. The fourth-order valence-corrected chi connectivity index (χ4v) is 12.0. The van der Waals surface area contributed by atoms with Crippen LogP contribution in [0.15, 0.2) is 30.3 Å². The number of benzene rings is 1. The molecular weight excluding hydrogens is 954 g/mol. The fourth-order valence-electron chi connectivity index (χ4n) is 10.6. The van der Waals surface area contributed by atoms with Crippen molar-refractivity contribution in [2.45, 2.75) is 108 Å². The lowest BCUT2D eigenvalue weighted by atomic mass is 9.48. The number of ether oxygens (including phenoxy) is 7. The van der Waals surface area contributed by atoms with E-state index in [-0.39, 0.29) is 70.0 Å². The van der Waals surface area contributed by atoms with E-state index in [0.717, 1.165) is 24.8 Å². The lowest BCUT2D eigenvalue weighted by molar-refractivity contribution is -0.136. The van der Waals surface area contributed by atoms with Gasteiger partial charge in [-0.2, -0.15) is 0 Å². The number of primary amides is 1. The molecular formula is C49H84N9O13P. The van der Waals surface area contributed by atoms with E-state index in [1.807, 2.05) is 30.3 Å². The Balaban J connectivity index is 1.10. The third-order valence-electron chi connectivity index (χ3n) is 13.6. The van der Waals surface area contributed by atoms with Crippen molar-refractivity contribution in [2.24, 2.45) is 34.6 Å². The maximum absolute atomic E-state index is 14.4. The number of nitrogens with one attached hydrogen (secondary N) is 7. The van der Waals surface area contributed by atoms with Gasteiger partial charge in [-0.1, -0.05) is 30.3 Å². The third kappa shape index (κ3) is 22.0. The Bertz CT molecular complexity index is 1800. The molecule has 1 aromatic carbocycles. The van der Waals surface area contributed by atoms with Gasteiger partial charge in [0.05, 0.1) is 98.5 Å². The van der Waals surface area contributed by atoms with E-state index in [4.69, 9.17) is 54.6 Å².